The van der Waals surface area contributed by atoms with Crippen LogP contribution >= 0.6 is 0 Å². The maximum atomic E-state index is 2.46. The molecule has 0 amide bonds. The third kappa shape index (κ3) is 14.2. The predicted molar refractivity (Wildman–Crippen MR) is 89.7 cm³/mol. The number of hydrogen-bond donors (Lipinski definition) is 0. The number of rotatable bonds is 14. The van der Waals surface area contributed by atoms with E-state index in [9.17, 15) is 0 Å². The Hall–Kier alpha value is 0. The molecular formula is C19H40. The summed E-state index contributed by atoms with van der Waals surface area (Å²) in [7, 11) is 0. The summed E-state index contributed by atoms with van der Waals surface area (Å²) in [6, 6.07) is 0. The molecule has 19 heavy (non-hydrogen) atoms. The first-order valence-corrected chi connectivity index (χ1v) is 9.20. The average Bonchev–Trinajstić information content (AvgIpc) is 2.40. The fourth-order valence-electron chi connectivity index (χ4n) is 2.93. The molecular weight excluding hydrogens is 228 g/mol. The SMILES string of the molecule is CCCCCCCC[C@@H](C)CCC[C@H](C)CCCC. The summed E-state index contributed by atoms with van der Waals surface area (Å²) in [4.78, 5) is 0. The summed E-state index contributed by atoms with van der Waals surface area (Å²) >= 11 is 0. The van der Waals surface area contributed by atoms with Gasteiger partial charge in [-0.2, -0.15) is 0 Å². The van der Waals surface area contributed by atoms with Gasteiger partial charge in [0.2, 0.25) is 0 Å². The Morgan fingerprint density at radius 3 is 1.47 bits per heavy atom. The highest BCUT2D eigenvalue weighted by atomic mass is 14.1. The van der Waals surface area contributed by atoms with Crippen LogP contribution in [-0.2, 0) is 0 Å². The molecule has 0 aliphatic heterocycles. The molecule has 0 heteroatoms. The first-order valence-electron chi connectivity index (χ1n) is 9.20. The van der Waals surface area contributed by atoms with Crippen LogP contribution < -0.4 is 0 Å². The minimum absolute atomic E-state index is 0.959. The highest BCUT2D eigenvalue weighted by molar-refractivity contribution is 4.58. The molecule has 0 aromatic carbocycles. The van der Waals surface area contributed by atoms with E-state index in [2.05, 4.69) is 27.7 Å². The average molecular weight is 269 g/mol. The molecule has 0 nitrogen and oxygen atoms in total. The van der Waals surface area contributed by atoms with E-state index in [1.807, 2.05) is 0 Å². The van der Waals surface area contributed by atoms with Gasteiger partial charge in [0.1, 0.15) is 0 Å². The van der Waals surface area contributed by atoms with Crippen LogP contribution in [0.5, 0.6) is 0 Å². The highest BCUT2D eigenvalue weighted by Gasteiger charge is 2.05. The van der Waals surface area contributed by atoms with Gasteiger partial charge in [-0.25, -0.2) is 0 Å². The zero-order valence-corrected chi connectivity index (χ0v) is 14.3. The van der Waals surface area contributed by atoms with Crippen molar-refractivity contribution >= 4 is 0 Å². The Kier molecular flexibility index (Phi) is 14.4. The van der Waals surface area contributed by atoms with Gasteiger partial charge in [-0.05, 0) is 11.8 Å². The maximum Gasteiger partial charge on any atom is -0.0443 e. The third-order valence-corrected chi connectivity index (χ3v) is 4.49. The lowest BCUT2D eigenvalue weighted by Gasteiger charge is -2.14. The zero-order valence-electron chi connectivity index (χ0n) is 14.3. The molecule has 0 unspecified atom stereocenters. The van der Waals surface area contributed by atoms with E-state index in [1.165, 1.54) is 83.5 Å². The van der Waals surface area contributed by atoms with Crippen LogP contribution in [0.15, 0.2) is 0 Å². The molecule has 0 spiro atoms. The first kappa shape index (κ1) is 19.0. The quantitative estimate of drug-likeness (QED) is 0.288. The molecule has 0 bridgehead atoms. The summed E-state index contributed by atoms with van der Waals surface area (Å²) in [6.07, 6.45) is 18.7. The molecule has 0 heterocycles. The second-order valence-corrected chi connectivity index (χ2v) is 6.84. The van der Waals surface area contributed by atoms with Crippen molar-refractivity contribution in [3.05, 3.63) is 0 Å². The van der Waals surface area contributed by atoms with Gasteiger partial charge in [-0.3, -0.25) is 0 Å². The Balaban J connectivity index is 3.27. The minimum atomic E-state index is 0.959. The van der Waals surface area contributed by atoms with Gasteiger partial charge in [-0.15, -0.1) is 0 Å². The molecule has 0 saturated heterocycles. The smallest absolute Gasteiger partial charge is 0.0443 e. The molecule has 0 aliphatic carbocycles. The lowest BCUT2D eigenvalue weighted by atomic mass is 9.92. The van der Waals surface area contributed by atoms with Crippen molar-refractivity contribution in [1.82, 2.24) is 0 Å². The molecule has 0 radical (unpaired) electrons. The normalized spacial score (nSPS) is 14.5. The number of unbranched alkanes of at least 4 members (excludes halogenated alkanes) is 6. The second-order valence-electron chi connectivity index (χ2n) is 6.84. The van der Waals surface area contributed by atoms with Crippen molar-refractivity contribution in [3.8, 4) is 0 Å². The molecule has 0 aliphatic rings. The second kappa shape index (κ2) is 14.4. The van der Waals surface area contributed by atoms with Crippen molar-refractivity contribution < 1.29 is 0 Å². The summed E-state index contributed by atoms with van der Waals surface area (Å²) in [6.45, 7) is 9.50. The fourth-order valence-corrected chi connectivity index (χ4v) is 2.93. The fraction of sp³-hybridized carbons (Fsp3) is 1.00. The van der Waals surface area contributed by atoms with Gasteiger partial charge in [0, 0.05) is 0 Å². The van der Waals surface area contributed by atoms with E-state index in [4.69, 9.17) is 0 Å². The Morgan fingerprint density at radius 2 is 0.895 bits per heavy atom. The van der Waals surface area contributed by atoms with Gasteiger partial charge in [-0.1, -0.05) is 111 Å². The van der Waals surface area contributed by atoms with Crippen LogP contribution in [0.1, 0.15) is 111 Å². The number of hydrogen-bond acceptors (Lipinski definition) is 0. The molecule has 0 N–H and O–H groups in total. The summed E-state index contributed by atoms with van der Waals surface area (Å²) in [5, 5.41) is 0. The van der Waals surface area contributed by atoms with E-state index >= 15 is 0 Å². The van der Waals surface area contributed by atoms with Gasteiger partial charge in [0.15, 0.2) is 0 Å². The minimum Gasteiger partial charge on any atom is -0.0654 e. The van der Waals surface area contributed by atoms with E-state index in [0.29, 0.717) is 0 Å². The van der Waals surface area contributed by atoms with E-state index in [-0.39, 0.29) is 0 Å². The van der Waals surface area contributed by atoms with Crippen LogP contribution in [0.4, 0.5) is 0 Å². The van der Waals surface area contributed by atoms with Gasteiger partial charge in [0.05, 0.1) is 0 Å². The predicted octanol–water partition coefficient (Wildman–Crippen LogP) is 7.37. The van der Waals surface area contributed by atoms with Crippen molar-refractivity contribution in [2.24, 2.45) is 11.8 Å². The molecule has 0 saturated carbocycles. The third-order valence-electron chi connectivity index (χ3n) is 4.49. The Labute approximate surface area is 123 Å². The molecule has 0 aromatic rings. The van der Waals surface area contributed by atoms with Crippen LogP contribution in [0.3, 0.4) is 0 Å². The molecule has 0 rings (SSSR count). The molecule has 0 fully saturated rings. The van der Waals surface area contributed by atoms with E-state index < -0.39 is 0 Å². The van der Waals surface area contributed by atoms with Gasteiger partial charge < -0.3 is 0 Å². The summed E-state index contributed by atoms with van der Waals surface area (Å²) < 4.78 is 0. The molecule has 116 valence electrons. The highest BCUT2D eigenvalue weighted by Crippen LogP contribution is 2.20. The van der Waals surface area contributed by atoms with Gasteiger partial charge >= 0.3 is 0 Å². The van der Waals surface area contributed by atoms with E-state index in [0.717, 1.165) is 11.8 Å². The van der Waals surface area contributed by atoms with Gasteiger partial charge in [0.25, 0.3) is 0 Å². The van der Waals surface area contributed by atoms with Crippen molar-refractivity contribution in [1.29, 1.82) is 0 Å². The van der Waals surface area contributed by atoms with Crippen LogP contribution in [0.2, 0.25) is 0 Å². The standard InChI is InChI=1S/C19H40/c1-5-7-9-10-11-12-15-19(4)17-13-16-18(3)14-8-6-2/h18-19H,5-17H2,1-4H3/t18-,19-/m1/s1. The topological polar surface area (TPSA) is 0 Å². The van der Waals surface area contributed by atoms with Crippen molar-refractivity contribution in [3.63, 3.8) is 0 Å². The summed E-state index contributed by atoms with van der Waals surface area (Å²) in [5.74, 6) is 1.92. The Bertz CT molecular complexity index is 161. The van der Waals surface area contributed by atoms with Crippen molar-refractivity contribution in [2.45, 2.75) is 111 Å². The van der Waals surface area contributed by atoms with Crippen molar-refractivity contribution in [2.75, 3.05) is 0 Å². The van der Waals surface area contributed by atoms with Crippen LogP contribution in [-0.4, -0.2) is 0 Å². The largest absolute Gasteiger partial charge is 0.0654 e. The monoisotopic (exact) mass is 268 g/mol. The lowest BCUT2D eigenvalue weighted by Crippen LogP contribution is -1.99. The molecule has 0 aromatic heterocycles. The first-order chi connectivity index (χ1) is 9.20. The molecule has 2 atom stereocenters. The van der Waals surface area contributed by atoms with Crippen LogP contribution in [0, 0.1) is 11.8 Å². The lowest BCUT2D eigenvalue weighted by molar-refractivity contribution is 0.394. The van der Waals surface area contributed by atoms with Crippen LogP contribution in [0.25, 0.3) is 0 Å². The maximum absolute atomic E-state index is 2.46. The zero-order chi connectivity index (χ0) is 14.3. The Morgan fingerprint density at radius 1 is 0.474 bits per heavy atom. The van der Waals surface area contributed by atoms with E-state index in [1.54, 1.807) is 0 Å². The summed E-state index contributed by atoms with van der Waals surface area (Å²) in [5.41, 5.74) is 0.